The van der Waals surface area contributed by atoms with Crippen molar-refractivity contribution in [2.24, 2.45) is 0 Å². The Morgan fingerprint density at radius 3 is 1.74 bits per heavy atom. The van der Waals surface area contributed by atoms with Crippen LogP contribution in [0.1, 0.15) is 25.0 Å². The average Bonchev–Trinajstić information content (AvgIpc) is 3.80. The molecule has 0 spiro atoms. The Balaban J connectivity index is 1.16. The Bertz CT molecular complexity index is 3450. The lowest BCUT2D eigenvalue weighted by Crippen LogP contribution is -2.14. The molecule has 2 aromatic heterocycles. The van der Waals surface area contributed by atoms with Crippen LogP contribution in [0.5, 0.6) is 0 Å². The molecule has 12 rings (SSSR count). The highest BCUT2D eigenvalue weighted by molar-refractivity contribution is 6.23. The third kappa shape index (κ3) is 4.93. The molecule has 1 aliphatic rings. The molecule has 0 N–H and O–H groups in total. The second-order valence-corrected chi connectivity index (χ2v) is 16.3. The summed E-state index contributed by atoms with van der Waals surface area (Å²) >= 11 is 0. The second kappa shape index (κ2) is 12.3. The van der Waals surface area contributed by atoms with Crippen molar-refractivity contribution < 1.29 is 0 Å². The van der Waals surface area contributed by atoms with Crippen LogP contribution in [0, 0.1) is 0 Å². The maximum atomic E-state index is 4.78. The molecule has 272 valence electrons. The van der Waals surface area contributed by atoms with Crippen LogP contribution in [0.4, 0.5) is 0 Å². The van der Waals surface area contributed by atoms with Gasteiger partial charge < -0.3 is 0 Å². The van der Waals surface area contributed by atoms with Gasteiger partial charge in [0.05, 0.1) is 5.69 Å². The minimum absolute atomic E-state index is 0.139. The van der Waals surface area contributed by atoms with Crippen LogP contribution < -0.4 is 0 Å². The van der Waals surface area contributed by atoms with Crippen molar-refractivity contribution in [2.45, 2.75) is 19.3 Å². The van der Waals surface area contributed by atoms with Crippen LogP contribution in [-0.2, 0) is 5.41 Å². The first kappa shape index (κ1) is 32.8. The lowest BCUT2D eigenvalue weighted by atomic mass is 9.79. The Hall–Kier alpha value is -7.36. The van der Waals surface area contributed by atoms with E-state index >= 15 is 0 Å². The maximum Gasteiger partial charge on any atom is 0.234 e. The molecule has 1 aliphatic carbocycles. The van der Waals surface area contributed by atoms with Gasteiger partial charge in [0.1, 0.15) is 0 Å². The molecule has 0 saturated carbocycles. The molecule has 0 atom stereocenters. The monoisotopic (exact) mass is 739 g/mol. The molecule has 11 aromatic rings. The quantitative estimate of drug-likeness (QED) is 0.168. The van der Waals surface area contributed by atoms with E-state index in [0.29, 0.717) is 5.78 Å². The van der Waals surface area contributed by atoms with Gasteiger partial charge in [-0.05, 0) is 135 Å². The Kier molecular flexibility index (Phi) is 6.98. The largest absolute Gasteiger partial charge is 0.291 e. The summed E-state index contributed by atoms with van der Waals surface area (Å²) in [6.45, 7) is 4.77. The normalized spacial score (nSPS) is 13.1. The molecule has 2 heterocycles. The van der Waals surface area contributed by atoms with Crippen LogP contribution in [0.25, 0.3) is 105 Å². The molecule has 58 heavy (non-hydrogen) atoms. The standard InChI is InChI=1S/C55H37N3/c1-55(2)49-15-8-7-14-43(49)45-31-47-48(32-50(45)55)53(42-23-19-35-11-4-6-13-39(35)29-42)46-30-40(24-25-44(46)52(47)41-22-18-34-10-3-5-12-38(34)28-41)36-16-20-37(21-17-36)51-33-58-27-9-26-56-54(58)57-51/h3-33H,1-2H3. The highest BCUT2D eigenvalue weighted by atomic mass is 15.1. The molecular weight excluding hydrogens is 703 g/mol. The van der Waals surface area contributed by atoms with E-state index in [-0.39, 0.29) is 5.41 Å². The number of hydrogen-bond donors (Lipinski definition) is 0. The van der Waals surface area contributed by atoms with E-state index in [9.17, 15) is 0 Å². The van der Waals surface area contributed by atoms with Crippen LogP contribution in [0.2, 0.25) is 0 Å². The first-order valence-electron chi connectivity index (χ1n) is 20.0. The summed E-state index contributed by atoms with van der Waals surface area (Å²) in [4.78, 5) is 9.21. The van der Waals surface area contributed by atoms with E-state index in [0.717, 1.165) is 16.8 Å². The summed E-state index contributed by atoms with van der Waals surface area (Å²) in [6.07, 6.45) is 5.81. The predicted molar refractivity (Wildman–Crippen MR) is 242 cm³/mol. The van der Waals surface area contributed by atoms with Crippen LogP contribution in [0.3, 0.4) is 0 Å². The fourth-order valence-electron chi connectivity index (χ4n) is 9.71. The summed E-state index contributed by atoms with van der Waals surface area (Å²) in [5.41, 5.74) is 14.6. The number of imidazole rings is 1. The zero-order chi connectivity index (χ0) is 38.5. The van der Waals surface area contributed by atoms with Crippen LogP contribution in [0.15, 0.2) is 188 Å². The van der Waals surface area contributed by atoms with Gasteiger partial charge in [0.15, 0.2) is 0 Å². The zero-order valence-corrected chi connectivity index (χ0v) is 32.2. The molecule has 0 saturated heterocycles. The van der Waals surface area contributed by atoms with E-state index < -0.39 is 0 Å². The number of aromatic nitrogens is 3. The van der Waals surface area contributed by atoms with E-state index in [1.807, 2.05) is 22.9 Å². The van der Waals surface area contributed by atoms with E-state index in [1.165, 1.54) is 93.2 Å². The highest BCUT2D eigenvalue weighted by Crippen LogP contribution is 2.53. The minimum Gasteiger partial charge on any atom is -0.291 e. The predicted octanol–water partition coefficient (Wildman–Crippen LogP) is 14.3. The van der Waals surface area contributed by atoms with Crippen molar-refractivity contribution in [1.29, 1.82) is 0 Å². The zero-order valence-electron chi connectivity index (χ0n) is 32.2. The molecule has 3 heteroatoms. The summed E-state index contributed by atoms with van der Waals surface area (Å²) in [5, 5.41) is 10.0. The highest BCUT2D eigenvalue weighted by Gasteiger charge is 2.36. The second-order valence-electron chi connectivity index (χ2n) is 16.3. The number of benzene rings is 9. The molecule has 0 amide bonds. The Morgan fingerprint density at radius 1 is 0.431 bits per heavy atom. The first-order valence-corrected chi connectivity index (χ1v) is 20.0. The first-order chi connectivity index (χ1) is 28.5. The molecule has 0 fully saturated rings. The van der Waals surface area contributed by atoms with Crippen molar-refractivity contribution in [3.8, 4) is 55.8 Å². The van der Waals surface area contributed by atoms with E-state index in [1.54, 1.807) is 6.20 Å². The van der Waals surface area contributed by atoms with Gasteiger partial charge in [-0.2, -0.15) is 0 Å². The number of hydrogen-bond acceptors (Lipinski definition) is 2. The van der Waals surface area contributed by atoms with E-state index in [2.05, 4.69) is 183 Å². The molecule has 0 unspecified atom stereocenters. The smallest absolute Gasteiger partial charge is 0.234 e. The van der Waals surface area contributed by atoms with E-state index in [4.69, 9.17) is 4.98 Å². The number of fused-ring (bicyclic) bond motifs is 8. The molecule has 0 radical (unpaired) electrons. The Morgan fingerprint density at radius 2 is 1.02 bits per heavy atom. The fourth-order valence-corrected chi connectivity index (χ4v) is 9.71. The molecular formula is C55H37N3. The number of rotatable bonds is 4. The van der Waals surface area contributed by atoms with Crippen molar-refractivity contribution in [3.63, 3.8) is 0 Å². The summed E-state index contributed by atoms with van der Waals surface area (Å²) in [6, 6.07) is 63.2. The van der Waals surface area contributed by atoms with Gasteiger partial charge in [-0.15, -0.1) is 0 Å². The molecule has 0 aliphatic heterocycles. The van der Waals surface area contributed by atoms with Gasteiger partial charge >= 0.3 is 0 Å². The summed E-state index contributed by atoms with van der Waals surface area (Å²) < 4.78 is 1.97. The summed E-state index contributed by atoms with van der Waals surface area (Å²) in [7, 11) is 0. The van der Waals surface area contributed by atoms with Gasteiger partial charge in [0.2, 0.25) is 5.78 Å². The minimum atomic E-state index is -0.139. The lowest BCUT2D eigenvalue weighted by molar-refractivity contribution is 0.661. The fraction of sp³-hybridized carbons (Fsp3) is 0.0545. The third-order valence-corrected chi connectivity index (χ3v) is 12.6. The van der Waals surface area contributed by atoms with Gasteiger partial charge in [-0.25, -0.2) is 9.97 Å². The van der Waals surface area contributed by atoms with Crippen molar-refractivity contribution in [1.82, 2.24) is 14.4 Å². The van der Waals surface area contributed by atoms with Gasteiger partial charge in [-0.3, -0.25) is 4.40 Å². The SMILES string of the molecule is CC1(C)c2ccccc2-c2cc3c(-c4ccc5ccccc5c4)c4ccc(-c5ccc(-c6cn7cccnc7n6)cc5)cc4c(-c4ccc5ccccc5c4)c3cc21. The molecule has 3 nitrogen and oxygen atoms in total. The Labute approximate surface area is 336 Å². The van der Waals surface area contributed by atoms with Crippen LogP contribution in [-0.4, -0.2) is 14.4 Å². The van der Waals surface area contributed by atoms with Crippen molar-refractivity contribution in [2.75, 3.05) is 0 Å². The third-order valence-electron chi connectivity index (χ3n) is 12.6. The summed E-state index contributed by atoms with van der Waals surface area (Å²) in [5.74, 6) is 0.699. The molecule has 0 bridgehead atoms. The van der Waals surface area contributed by atoms with Gasteiger partial charge in [-0.1, -0.05) is 147 Å². The number of nitrogens with zero attached hydrogens (tertiary/aromatic N) is 3. The topological polar surface area (TPSA) is 30.2 Å². The molecule has 9 aromatic carbocycles. The maximum absolute atomic E-state index is 4.78. The van der Waals surface area contributed by atoms with Gasteiger partial charge in [0.25, 0.3) is 0 Å². The van der Waals surface area contributed by atoms with Gasteiger partial charge in [0, 0.05) is 29.6 Å². The van der Waals surface area contributed by atoms with Crippen LogP contribution >= 0.6 is 0 Å². The van der Waals surface area contributed by atoms with Crippen molar-refractivity contribution in [3.05, 3.63) is 200 Å². The van der Waals surface area contributed by atoms with Crippen molar-refractivity contribution >= 4 is 48.9 Å². The average molecular weight is 740 g/mol. The lowest BCUT2D eigenvalue weighted by Gasteiger charge is -2.24.